The van der Waals surface area contributed by atoms with Crippen LogP contribution in [0.2, 0.25) is 0 Å². The van der Waals surface area contributed by atoms with Gasteiger partial charge in [-0.15, -0.1) is 11.3 Å². The maximum atomic E-state index is 10.5. The smallest absolute Gasteiger partial charge is 0.216 e. The van der Waals surface area contributed by atoms with Gasteiger partial charge in [-0.3, -0.25) is 4.79 Å². The summed E-state index contributed by atoms with van der Waals surface area (Å²) in [5.74, 6) is 6.00. The van der Waals surface area contributed by atoms with Crippen molar-refractivity contribution in [2.45, 2.75) is 13.3 Å². The number of hydrogen-bond acceptors (Lipinski definition) is 2. The van der Waals surface area contributed by atoms with E-state index >= 15 is 0 Å². The molecular weight excluding hydrogens is 182 g/mol. The van der Waals surface area contributed by atoms with Crippen LogP contribution in [0.3, 0.4) is 0 Å². The average molecular weight is 193 g/mol. The van der Waals surface area contributed by atoms with Crippen LogP contribution >= 0.6 is 11.3 Å². The normalized spacial score (nSPS) is 8.69. The van der Waals surface area contributed by atoms with E-state index in [1.165, 1.54) is 6.92 Å². The lowest BCUT2D eigenvalue weighted by atomic mass is 10.4. The monoisotopic (exact) mass is 193 g/mol. The molecule has 0 aromatic carbocycles. The van der Waals surface area contributed by atoms with Gasteiger partial charge in [0.25, 0.3) is 0 Å². The van der Waals surface area contributed by atoms with Crippen molar-refractivity contribution < 1.29 is 4.79 Å². The molecule has 1 N–H and O–H groups in total. The van der Waals surface area contributed by atoms with Gasteiger partial charge in [0.1, 0.15) is 0 Å². The summed E-state index contributed by atoms with van der Waals surface area (Å²) in [7, 11) is 0. The first kappa shape index (κ1) is 9.82. The van der Waals surface area contributed by atoms with Gasteiger partial charge in [0.2, 0.25) is 5.91 Å². The Morgan fingerprint density at radius 2 is 2.54 bits per heavy atom. The van der Waals surface area contributed by atoms with E-state index in [9.17, 15) is 4.79 Å². The van der Waals surface area contributed by atoms with Gasteiger partial charge in [0, 0.05) is 19.9 Å². The highest BCUT2D eigenvalue weighted by Crippen LogP contribution is 2.05. The predicted molar refractivity (Wildman–Crippen MR) is 54.5 cm³/mol. The standard InChI is InChI=1S/C10H11NOS/c1-9(12)11-7-3-2-5-10-6-4-8-13-10/h4,6,8H,3,7H2,1H3,(H,11,12). The zero-order chi connectivity index (χ0) is 9.52. The zero-order valence-corrected chi connectivity index (χ0v) is 8.28. The second-order valence-electron chi connectivity index (χ2n) is 2.51. The Kier molecular flexibility index (Phi) is 4.07. The highest BCUT2D eigenvalue weighted by Gasteiger charge is 1.87. The van der Waals surface area contributed by atoms with Crippen LogP contribution in [0.1, 0.15) is 18.2 Å². The number of hydrogen-bond donors (Lipinski definition) is 1. The van der Waals surface area contributed by atoms with Crippen molar-refractivity contribution in [2.75, 3.05) is 6.54 Å². The van der Waals surface area contributed by atoms with Gasteiger partial charge in [0.05, 0.1) is 4.88 Å². The molecule has 13 heavy (non-hydrogen) atoms. The number of amides is 1. The van der Waals surface area contributed by atoms with E-state index in [1.54, 1.807) is 11.3 Å². The molecule has 0 atom stereocenters. The first-order valence-electron chi connectivity index (χ1n) is 4.06. The van der Waals surface area contributed by atoms with Crippen molar-refractivity contribution in [3.05, 3.63) is 22.4 Å². The Labute approximate surface area is 82.0 Å². The number of thiophene rings is 1. The molecule has 0 spiro atoms. The van der Waals surface area contributed by atoms with E-state index in [-0.39, 0.29) is 5.91 Å². The Balaban J connectivity index is 2.22. The van der Waals surface area contributed by atoms with E-state index in [4.69, 9.17) is 0 Å². The molecule has 0 radical (unpaired) electrons. The van der Waals surface area contributed by atoms with Crippen LogP contribution in [0.4, 0.5) is 0 Å². The van der Waals surface area contributed by atoms with Crippen LogP contribution in [0, 0.1) is 11.8 Å². The summed E-state index contributed by atoms with van der Waals surface area (Å²) in [6.07, 6.45) is 0.706. The Morgan fingerprint density at radius 1 is 1.69 bits per heavy atom. The Bertz CT molecular complexity index is 318. The lowest BCUT2D eigenvalue weighted by Gasteiger charge is -1.94. The van der Waals surface area contributed by atoms with Crippen molar-refractivity contribution in [2.24, 2.45) is 0 Å². The van der Waals surface area contributed by atoms with Crippen molar-refractivity contribution in [1.82, 2.24) is 5.32 Å². The molecule has 0 aliphatic heterocycles. The molecule has 2 nitrogen and oxygen atoms in total. The minimum absolute atomic E-state index is 0.00192. The van der Waals surface area contributed by atoms with Crippen LogP contribution in [0.15, 0.2) is 17.5 Å². The van der Waals surface area contributed by atoms with E-state index in [0.717, 1.165) is 4.88 Å². The van der Waals surface area contributed by atoms with Crippen molar-refractivity contribution in [3.8, 4) is 11.8 Å². The molecule has 68 valence electrons. The molecule has 0 saturated carbocycles. The van der Waals surface area contributed by atoms with Gasteiger partial charge in [-0.1, -0.05) is 17.9 Å². The molecule has 1 heterocycles. The summed E-state index contributed by atoms with van der Waals surface area (Å²) in [5, 5.41) is 4.69. The number of carbonyl (C=O) groups is 1. The molecule has 0 aliphatic rings. The van der Waals surface area contributed by atoms with Crippen molar-refractivity contribution in [1.29, 1.82) is 0 Å². The molecule has 0 saturated heterocycles. The van der Waals surface area contributed by atoms with Crippen LogP contribution in [-0.2, 0) is 4.79 Å². The summed E-state index contributed by atoms with van der Waals surface area (Å²) in [4.78, 5) is 11.6. The Hall–Kier alpha value is -1.27. The summed E-state index contributed by atoms with van der Waals surface area (Å²) >= 11 is 1.63. The highest BCUT2D eigenvalue weighted by atomic mass is 32.1. The van der Waals surface area contributed by atoms with Crippen LogP contribution < -0.4 is 5.32 Å². The second kappa shape index (κ2) is 5.39. The van der Waals surface area contributed by atoms with Crippen LogP contribution in [-0.4, -0.2) is 12.5 Å². The van der Waals surface area contributed by atoms with E-state index in [0.29, 0.717) is 13.0 Å². The molecule has 1 amide bonds. The van der Waals surface area contributed by atoms with Gasteiger partial charge in [-0.2, -0.15) is 0 Å². The Morgan fingerprint density at radius 3 is 3.15 bits per heavy atom. The minimum atomic E-state index is -0.00192. The SMILES string of the molecule is CC(=O)NCCC#Cc1cccs1. The van der Waals surface area contributed by atoms with Gasteiger partial charge in [0.15, 0.2) is 0 Å². The molecule has 1 rings (SSSR count). The fraction of sp³-hybridized carbons (Fsp3) is 0.300. The summed E-state index contributed by atoms with van der Waals surface area (Å²) in [6.45, 7) is 2.14. The molecule has 1 aromatic rings. The van der Waals surface area contributed by atoms with E-state index in [1.807, 2.05) is 17.5 Å². The van der Waals surface area contributed by atoms with Gasteiger partial charge in [-0.25, -0.2) is 0 Å². The fourth-order valence-corrected chi connectivity index (χ4v) is 1.39. The van der Waals surface area contributed by atoms with Crippen LogP contribution in [0.25, 0.3) is 0 Å². The van der Waals surface area contributed by atoms with E-state index < -0.39 is 0 Å². The van der Waals surface area contributed by atoms with Crippen molar-refractivity contribution >= 4 is 17.2 Å². The second-order valence-corrected chi connectivity index (χ2v) is 3.46. The molecule has 0 fully saturated rings. The first-order valence-corrected chi connectivity index (χ1v) is 4.94. The molecule has 0 bridgehead atoms. The molecule has 0 aliphatic carbocycles. The molecule has 3 heteroatoms. The van der Waals surface area contributed by atoms with Gasteiger partial charge >= 0.3 is 0 Å². The number of carbonyl (C=O) groups excluding carboxylic acids is 1. The number of rotatable bonds is 2. The van der Waals surface area contributed by atoms with E-state index in [2.05, 4.69) is 17.2 Å². The average Bonchev–Trinajstić information content (AvgIpc) is 2.55. The zero-order valence-electron chi connectivity index (χ0n) is 7.46. The fourth-order valence-electron chi connectivity index (χ4n) is 0.800. The molecule has 0 unspecified atom stereocenters. The number of nitrogens with one attached hydrogen (secondary N) is 1. The summed E-state index contributed by atoms with van der Waals surface area (Å²) in [6, 6.07) is 3.96. The third-order valence-electron chi connectivity index (χ3n) is 1.36. The third-order valence-corrected chi connectivity index (χ3v) is 2.14. The van der Waals surface area contributed by atoms with Gasteiger partial charge < -0.3 is 5.32 Å². The highest BCUT2D eigenvalue weighted by molar-refractivity contribution is 7.10. The first-order chi connectivity index (χ1) is 6.29. The van der Waals surface area contributed by atoms with Gasteiger partial charge in [-0.05, 0) is 11.4 Å². The predicted octanol–water partition coefficient (Wildman–Crippen LogP) is 1.63. The van der Waals surface area contributed by atoms with Crippen molar-refractivity contribution in [3.63, 3.8) is 0 Å². The topological polar surface area (TPSA) is 29.1 Å². The minimum Gasteiger partial charge on any atom is -0.355 e. The third kappa shape index (κ3) is 4.34. The molecular formula is C10H11NOS. The lowest BCUT2D eigenvalue weighted by Crippen LogP contribution is -2.20. The largest absolute Gasteiger partial charge is 0.355 e. The summed E-state index contributed by atoms with van der Waals surface area (Å²) < 4.78 is 0. The van der Waals surface area contributed by atoms with Crippen LogP contribution in [0.5, 0.6) is 0 Å². The summed E-state index contributed by atoms with van der Waals surface area (Å²) in [5.41, 5.74) is 0. The maximum absolute atomic E-state index is 10.5. The lowest BCUT2D eigenvalue weighted by molar-refractivity contribution is -0.118. The molecule has 1 aromatic heterocycles. The maximum Gasteiger partial charge on any atom is 0.216 e. The quantitative estimate of drug-likeness (QED) is 0.561.